The van der Waals surface area contributed by atoms with Crippen LogP contribution in [0.2, 0.25) is 0 Å². The molecule has 6 nitrogen and oxygen atoms in total. The van der Waals surface area contributed by atoms with Gasteiger partial charge in [0.1, 0.15) is 5.82 Å². The minimum atomic E-state index is 0.0262. The average Bonchev–Trinajstić information content (AvgIpc) is 3.43. The van der Waals surface area contributed by atoms with E-state index in [1.165, 1.54) is 0 Å². The number of aromatic nitrogens is 2. The summed E-state index contributed by atoms with van der Waals surface area (Å²) in [6.07, 6.45) is 4.04. The van der Waals surface area contributed by atoms with E-state index in [4.69, 9.17) is 4.98 Å². The third-order valence-electron chi connectivity index (χ3n) is 5.08. The van der Waals surface area contributed by atoms with Crippen molar-refractivity contribution in [1.29, 1.82) is 0 Å². The molecule has 1 saturated heterocycles. The van der Waals surface area contributed by atoms with E-state index in [-0.39, 0.29) is 5.91 Å². The van der Waals surface area contributed by atoms with E-state index in [1.54, 1.807) is 11.3 Å². The van der Waals surface area contributed by atoms with Crippen molar-refractivity contribution in [3.63, 3.8) is 0 Å². The molecule has 3 aromatic rings. The SMILES string of the molecule is O=C(NC1CC1)c1ccc2nc(N3CCN(c4ccccn4)CC3)sc2c1. The number of nitrogens with zero attached hydrogens (tertiary/aromatic N) is 4. The minimum absolute atomic E-state index is 0.0262. The number of hydrogen-bond acceptors (Lipinski definition) is 6. The zero-order valence-corrected chi connectivity index (χ0v) is 15.8. The Bertz CT molecular complexity index is 961. The van der Waals surface area contributed by atoms with Gasteiger partial charge in [0.05, 0.1) is 10.2 Å². The summed E-state index contributed by atoms with van der Waals surface area (Å²) < 4.78 is 1.07. The fraction of sp³-hybridized carbons (Fsp3) is 0.350. The van der Waals surface area contributed by atoms with Gasteiger partial charge in [0.2, 0.25) is 0 Å². The van der Waals surface area contributed by atoms with Crippen molar-refractivity contribution in [2.24, 2.45) is 0 Å². The Morgan fingerprint density at radius 1 is 1.07 bits per heavy atom. The van der Waals surface area contributed by atoms with Crippen LogP contribution in [0.3, 0.4) is 0 Å². The number of pyridine rings is 1. The molecule has 5 rings (SSSR count). The number of fused-ring (bicyclic) bond motifs is 1. The van der Waals surface area contributed by atoms with Crippen molar-refractivity contribution in [2.45, 2.75) is 18.9 Å². The molecule has 2 aromatic heterocycles. The predicted molar refractivity (Wildman–Crippen MR) is 109 cm³/mol. The molecule has 3 heterocycles. The van der Waals surface area contributed by atoms with Gasteiger partial charge < -0.3 is 15.1 Å². The third kappa shape index (κ3) is 3.47. The Kier molecular flexibility index (Phi) is 4.16. The van der Waals surface area contributed by atoms with Crippen molar-refractivity contribution in [3.05, 3.63) is 48.2 Å². The lowest BCUT2D eigenvalue weighted by Crippen LogP contribution is -2.46. The van der Waals surface area contributed by atoms with Crippen LogP contribution in [0.1, 0.15) is 23.2 Å². The van der Waals surface area contributed by atoms with Crippen molar-refractivity contribution >= 4 is 38.4 Å². The summed E-state index contributed by atoms with van der Waals surface area (Å²) in [5, 5.41) is 4.08. The monoisotopic (exact) mass is 379 g/mol. The van der Waals surface area contributed by atoms with Crippen LogP contribution in [0.4, 0.5) is 10.9 Å². The first-order valence-corrected chi connectivity index (χ1v) is 10.2. The highest BCUT2D eigenvalue weighted by molar-refractivity contribution is 7.22. The van der Waals surface area contributed by atoms with Gasteiger partial charge in [0, 0.05) is 44.0 Å². The molecule has 27 heavy (non-hydrogen) atoms. The highest BCUT2D eigenvalue weighted by Crippen LogP contribution is 2.31. The molecular weight excluding hydrogens is 358 g/mol. The Morgan fingerprint density at radius 3 is 2.63 bits per heavy atom. The molecule has 0 atom stereocenters. The molecule has 2 aliphatic rings. The number of piperazine rings is 1. The Morgan fingerprint density at radius 2 is 1.89 bits per heavy atom. The highest BCUT2D eigenvalue weighted by atomic mass is 32.1. The van der Waals surface area contributed by atoms with Crippen LogP contribution in [-0.2, 0) is 0 Å². The summed E-state index contributed by atoms with van der Waals surface area (Å²) in [7, 11) is 0. The zero-order valence-electron chi connectivity index (χ0n) is 15.0. The van der Waals surface area contributed by atoms with E-state index in [0.29, 0.717) is 6.04 Å². The van der Waals surface area contributed by atoms with Crippen molar-refractivity contribution < 1.29 is 4.79 Å². The smallest absolute Gasteiger partial charge is 0.251 e. The first-order chi connectivity index (χ1) is 13.3. The zero-order chi connectivity index (χ0) is 18.2. The Balaban J connectivity index is 1.30. The predicted octanol–water partition coefficient (Wildman–Crippen LogP) is 2.91. The van der Waals surface area contributed by atoms with E-state index in [1.807, 2.05) is 36.5 Å². The normalized spacial score (nSPS) is 17.3. The van der Waals surface area contributed by atoms with E-state index >= 15 is 0 Å². The molecule has 1 aliphatic heterocycles. The van der Waals surface area contributed by atoms with Gasteiger partial charge in [-0.1, -0.05) is 17.4 Å². The average molecular weight is 379 g/mol. The summed E-state index contributed by atoms with van der Waals surface area (Å²) in [5.74, 6) is 1.06. The number of thiazole rings is 1. The molecule has 138 valence electrons. The van der Waals surface area contributed by atoms with Crippen LogP contribution in [0, 0.1) is 0 Å². The number of hydrogen-bond donors (Lipinski definition) is 1. The Hall–Kier alpha value is -2.67. The van der Waals surface area contributed by atoms with Gasteiger partial charge in [0.15, 0.2) is 5.13 Å². The molecule has 1 aliphatic carbocycles. The van der Waals surface area contributed by atoms with Crippen LogP contribution in [0.25, 0.3) is 10.2 Å². The van der Waals surface area contributed by atoms with Crippen LogP contribution in [-0.4, -0.2) is 48.1 Å². The van der Waals surface area contributed by atoms with Gasteiger partial charge in [-0.3, -0.25) is 4.79 Å². The molecule has 0 radical (unpaired) electrons. The summed E-state index contributed by atoms with van der Waals surface area (Å²) in [6, 6.07) is 12.2. The summed E-state index contributed by atoms with van der Waals surface area (Å²) in [5.41, 5.74) is 1.69. The second kappa shape index (κ2) is 6.81. The first-order valence-electron chi connectivity index (χ1n) is 9.39. The largest absolute Gasteiger partial charge is 0.353 e. The van der Waals surface area contributed by atoms with Crippen LogP contribution in [0.15, 0.2) is 42.6 Å². The van der Waals surface area contributed by atoms with Crippen molar-refractivity contribution in [2.75, 3.05) is 36.0 Å². The molecule has 1 amide bonds. The number of benzene rings is 1. The van der Waals surface area contributed by atoms with E-state index in [2.05, 4.69) is 26.2 Å². The van der Waals surface area contributed by atoms with Crippen molar-refractivity contribution in [3.8, 4) is 0 Å². The van der Waals surface area contributed by atoms with E-state index in [9.17, 15) is 4.79 Å². The molecule has 2 fully saturated rings. The number of nitrogens with one attached hydrogen (secondary N) is 1. The summed E-state index contributed by atoms with van der Waals surface area (Å²) in [4.78, 5) is 26.1. The lowest BCUT2D eigenvalue weighted by molar-refractivity contribution is 0.0951. The fourth-order valence-corrected chi connectivity index (χ4v) is 4.41. The standard InChI is InChI=1S/C20H21N5OS/c26-19(22-15-5-6-15)14-4-7-16-17(13-14)27-20(23-16)25-11-9-24(10-12-25)18-3-1-2-8-21-18/h1-4,7-8,13,15H,5-6,9-12H2,(H,22,26). The number of carbonyl (C=O) groups excluding carboxylic acids is 1. The third-order valence-corrected chi connectivity index (χ3v) is 6.15. The lowest BCUT2D eigenvalue weighted by Gasteiger charge is -2.35. The van der Waals surface area contributed by atoms with Gasteiger partial charge in [0.25, 0.3) is 5.91 Å². The number of amides is 1. The molecule has 1 aromatic carbocycles. The van der Waals surface area contributed by atoms with E-state index < -0.39 is 0 Å². The van der Waals surface area contributed by atoms with Crippen LogP contribution in [0.5, 0.6) is 0 Å². The van der Waals surface area contributed by atoms with Gasteiger partial charge in [-0.05, 0) is 43.2 Å². The number of rotatable bonds is 4. The maximum Gasteiger partial charge on any atom is 0.251 e. The second-order valence-corrected chi connectivity index (χ2v) is 8.10. The fourth-order valence-electron chi connectivity index (χ4n) is 3.35. The lowest BCUT2D eigenvalue weighted by atomic mass is 10.2. The topological polar surface area (TPSA) is 61.4 Å². The number of carbonyl (C=O) groups is 1. The molecule has 1 saturated carbocycles. The minimum Gasteiger partial charge on any atom is -0.353 e. The van der Waals surface area contributed by atoms with Crippen LogP contribution >= 0.6 is 11.3 Å². The van der Waals surface area contributed by atoms with E-state index in [0.717, 1.165) is 65.8 Å². The second-order valence-electron chi connectivity index (χ2n) is 7.09. The van der Waals surface area contributed by atoms with Gasteiger partial charge in [-0.15, -0.1) is 0 Å². The maximum absolute atomic E-state index is 12.3. The summed E-state index contributed by atoms with van der Waals surface area (Å²) >= 11 is 1.67. The van der Waals surface area contributed by atoms with Crippen molar-refractivity contribution in [1.82, 2.24) is 15.3 Å². The van der Waals surface area contributed by atoms with Gasteiger partial charge in [-0.25, -0.2) is 9.97 Å². The molecule has 0 unspecified atom stereocenters. The van der Waals surface area contributed by atoms with Crippen LogP contribution < -0.4 is 15.1 Å². The summed E-state index contributed by atoms with van der Waals surface area (Å²) in [6.45, 7) is 3.71. The molecule has 7 heteroatoms. The van der Waals surface area contributed by atoms with Gasteiger partial charge >= 0.3 is 0 Å². The number of anilines is 2. The quantitative estimate of drug-likeness (QED) is 0.755. The maximum atomic E-state index is 12.3. The molecule has 0 bridgehead atoms. The molecular formula is C20H21N5OS. The first kappa shape index (κ1) is 16.5. The highest BCUT2D eigenvalue weighted by Gasteiger charge is 2.24. The molecule has 0 spiro atoms. The van der Waals surface area contributed by atoms with Gasteiger partial charge in [-0.2, -0.15) is 0 Å². The Labute approximate surface area is 161 Å². The molecule has 1 N–H and O–H groups in total.